The Bertz CT molecular complexity index is 1150. The fraction of sp³-hybridized carbons (Fsp3) is 0.409. The molecule has 36 heavy (non-hydrogen) atoms. The number of hydrogen-bond acceptors (Lipinski definition) is 7. The van der Waals surface area contributed by atoms with E-state index >= 15 is 0 Å². The molecule has 14 heteroatoms. The molecule has 0 bridgehead atoms. The number of carbonyl (C=O) groups excluding carboxylic acids is 1. The maximum absolute atomic E-state index is 14.5. The summed E-state index contributed by atoms with van der Waals surface area (Å²) >= 11 is 0. The van der Waals surface area contributed by atoms with Crippen LogP contribution in [-0.4, -0.2) is 64.1 Å². The number of nitrogens with one attached hydrogen (secondary N) is 1. The van der Waals surface area contributed by atoms with Crippen LogP contribution in [0, 0.1) is 11.7 Å². The van der Waals surface area contributed by atoms with Gasteiger partial charge in [0.05, 0.1) is 18.2 Å². The molecule has 0 saturated carbocycles. The minimum absolute atomic E-state index is 0.0304. The van der Waals surface area contributed by atoms with Crippen molar-refractivity contribution in [3.8, 4) is 0 Å². The van der Waals surface area contributed by atoms with Crippen LogP contribution in [-0.2, 0) is 11.0 Å². The molecule has 3 N–H and O–H groups in total. The third kappa shape index (κ3) is 6.10. The van der Waals surface area contributed by atoms with Crippen LogP contribution in [0.3, 0.4) is 0 Å². The van der Waals surface area contributed by atoms with E-state index in [1.165, 1.54) is 38.6 Å². The molecule has 3 rings (SSSR count). The van der Waals surface area contributed by atoms with Gasteiger partial charge in [-0.3, -0.25) is 9.79 Å². The molecule has 1 aliphatic rings. The van der Waals surface area contributed by atoms with E-state index in [9.17, 15) is 31.1 Å². The largest absolute Gasteiger partial charge is 0.420 e. The number of aromatic nitrogens is 3. The lowest BCUT2D eigenvalue weighted by Crippen LogP contribution is -2.58. The lowest BCUT2D eigenvalue weighted by Gasteiger charge is -2.43. The van der Waals surface area contributed by atoms with Gasteiger partial charge in [0, 0.05) is 50.9 Å². The smallest absolute Gasteiger partial charge is 0.394 e. The SMILES string of the molecule is CN=CC(=C(N)C(=O)N1CC(F)(F)C[C@@H](C)C1CNc1cc(F)c(C(F)(F)F)cn1)c1ncccn1. The number of piperidine rings is 1. The summed E-state index contributed by atoms with van der Waals surface area (Å²) in [6.07, 6.45) is -1.10. The van der Waals surface area contributed by atoms with Crippen LogP contribution in [0.2, 0.25) is 0 Å². The van der Waals surface area contributed by atoms with Crippen LogP contribution in [0.15, 0.2) is 41.4 Å². The molecule has 1 fully saturated rings. The topological polar surface area (TPSA) is 109 Å². The molecule has 194 valence electrons. The Morgan fingerprint density at radius 3 is 2.56 bits per heavy atom. The highest BCUT2D eigenvalue weighted by molar-refractivity contribution is 6.17. The molecule has 0 aromatic carbocycles. The summed E-state index contributed by atoms with van der Waals surface area (Å²) in [5.41, 5.74) is 4.15. The zero-order valence-electron chi connectivity index (χ0n) is 19.2. The number of nitrogens with two attached hydrogens (primary N) is 1. The van der Waals surface area contributed by atoms with Crippen LogP contribution in [0.5, 0.6) is 0 Å². The molecular formula is C22H23F6N7O. The van der Waals surface area contributed by atoms with Crippen LogP contribution in [0.25, 0.3) is 5.57 Å². The quantitative estimate of drug-likeness (QED) is 0.347. The average molecular weight is 515 g/mol. The maximum atomic E-state index is 14.5. The van der Waals surface area contributed by atoms with Gasteiger partial charge in [0.2, 0.25) is 0 Å². The summed E-state index contributed by atoms with van der Waals surface area (Å²) < 4.78 is 81.2. The Morgan fingerprint density at radius 2 is 1.97 bits per heavy atom. The van der Waals surface area contributed by atoms with Crippen molar-refractivity contribution in [1.29, 1.82) is 0 Å². The zero-order chi connectivity index (χ0) is 26.7. The molecular weight excluding hydrogens is 492 g/mol. The molecule has 2 aromatic heterocycles. The maximum Gasteiger partial charge on any atom is 0.420 e. The third-order valence-electron chi connectivity index (χ3n) is 5.58. The first kappa shape index (κ1) is 26.9. The van der Waals surface area contributed by atoms with Gasteiger partial charge in [0.25, 0.3) is 11.8 Å². The van der Waals surface area contributed by atoms with E-state index in [-0.39, 0.29) is 23.8 Å². The van der Waals surface area contributed by atoms with Gasteiger partial charge in [-0.1, -0.05) is 6.92 Å². The molecule has 2 aromatic rings. The number of pyridine rings is 1. The van der Waals surface area contributed by atoms with E-state index in [0.29, 0.717) is 12.3 Å². The van der Waals surface area contributed by atoms with Crippen LogP contribution >= 0.6 is 0 Å². The molecule has 1 amide bonds. The molecule has 1 aliphatic heterocycles. The van der Waals surface area contributed by atoms with E-state index in [0.717, 1.165) is 4.90 Å². The molecule has 1 saturated heterocycles. The fourth-order valence-electron chi connectivity index (χ4n) is 3.91. The Balaban J connectivity index is 1.91. The number of anilines is 1. The second-order valence-corrected chi connectivity index (χ2v) is 8.25. The van der Waals surface area contributed by atoms with Gasteiger partial charge in [-0.2, -0.15) is 13.2 Å². The summed E-state index contributed by atoms with van der Waals surface area (Å²) in [6.45, 7) is 0.340. The summed E-state index contributed by atoms with van der Waals surface area (Å²) in [4.78, 5) is 29.6. The molecule has 1 unspecified atom stereocenters. The number of rotatable bonds is 6. The number of alkyl halides is 5. The highest BCUT2D eigenvalue weighted by Crippen LogP contribution is 2.36. The lowest BCUT2D eigenvalue weighted by molar-refractivity contribution is -0.148. The first-order chi connectivity index (χ1) is 16.8. The lowest BCUT2D eigenvalue weighted by atomic mass is 9.88. The first-order valence-electron chi connectivity index (χ1n) is 10.7. The van der Waals surface area contributed by atoms with Gasteiger partial charge in [0.15, 0.2) is 5.82 Å². The van der Waals surface area contributed by atoms with Gasteiger partial charge in [0.1, 0.15) is 22.9 Å². The van der Waals surface area contributed by atoms with Crippen molar-refractivity contribution in [3.63, 3.8) is 0 Å². The second kappa shape index (κ2) is 10.5. The van der Waals surface area contributed by atoms with Crippen molar-refractivity contribution >= 4 is 23.5 Å². The normalized spacial score (nSPS) is 20.8. The number of hydrogen-bond donors (Lipinski definition) is 2. The Labute approximate surface area is 202 Å². The molecule has 0 radical (unpaired) electrons. The van der Waals surface area contributed by atoms with E-state index in [2.05, 4.69) is 25.3 Å². The molecule has 8 nitrogen and oxygen atoms in total. The van der Waals surface area contributed by atoms with E-state index in [1.807, 2.05) is 0 Å². The van der Waals surface area contributed by atoms with E-state index in [1.54, 1.807) is 0 Å². The highest BCUT2D eigenvalue weighted by atomic mass is 19.4. The van der Waals surface area contributed by atoms with Gasteiger partial charge in [-0.15, -0.1) is 0 Å². The minimum Gasteiger partial charge on any atom is -0.394 e. The summed E-state index contributed by atoms with van der Waals surface area (Å²) in [6, 6.07) is 1.21. The van der Waals surface area contributed by atoms with Crippen LogP contribution in [0.4, 0.5) is 32.2 Å². The van der Waals surface area contributed by atoms with Crippen molar-refractivity contribution in [2.24, 2.45) is 16.6 Å². The van der Waals surface area contributed by atoms with Crippen molar-refractivity contribution in [1.82, 2.24) is 19.9 Å². The van der Waals surface area contributed by atoms with Gasteiger partial charge < -0.3 is 16.0 Å². The first-order valence-corrected chi connectivity index (χ1v) is 10.7. The van der Waals surface area contributed by atoms with E-state index in [4.69, 9.17) is 5.73 Å². The van der Waals surface area contributed by atoms with Crippen molar-refractivity contribution in [3.05, 3.63) is 53.6 Å². The summed E-state index contributed by atoms with van der Waals surface area (Å²) in [5, 5.41) is 2.64. The number of likely N-dealkylation sites (tertiary alicyclic amines) is 1. The van der Waals surface area contributed by atoms with Crippen molar-refractivity contribution < 1.29 is 31.1 Å². The second-order valence-electron chi connectivity index (χ2n) is 8.25. The molecule has 0 aliphatic carbocycles. The third-order valence-corrected chi connectivity index (χ3v) is 5.58. The van der Waals surface area contributed by atoms with Gasteiger partial charge in [-0.05, 0) is 12.0 Å². The fourth-order valence-corrected chi connectivity index (χ4v) is 3.91. The molecule has 2 atom stereocenters. The van der Waals surface area contributed by atoms with Crippen LogP contribution < -0.4 is 11.1 Å². The number of halogens is 6. The Morgan fingerprint density at radius 1 is 1.31 bits per heavy atom. The molecule has 3 heterocycles. The standard InChI is InChI=1S/C22H23F6N7O/c1-12-7-21(24,25)11-35(20(36)18(29)13(8-30-2)19-31-4-3-5-32-19)16(12)10-34-17-6-15(23)14(9-33-17)22(26,27)28/h3-6,8-9,12,16H,7,10-11,29H2,1-2H3,(H,33,34)/t12-,16?/m1/s1. The Hall–Kier alpha value is -3.71. The van der Waals surface area contributed by atoms with Crippen molar-refractivity contribution in [2.75, 3.05) is 25.5 Å². The number of nitrogens with zero attached hydrogens (tertiary/aromatic N) is 5. The predicted molar refractivity (Wildman–Crippen MR) is 119 cm³/mol. The van der Waals surface area contributed by atoms with Crippen molar-refractivity contribution in [2.45, 2.75) is 31.5 Å². The summed E-state index contributed by atoms with van der Waals surface area (Å²) in [7, 11) is 1.42. The average Bonchev–Trinajstić information content (AvgIpc) is 2.80. The predicted octanol–water partition coefficient (Wildman–Crippen LogP) is 3.38. The van der Waals surface area contributed by atoms with Gasteiger partial charge in [-0.25, -0.2) is 28.1 Å². The Kier molecular flexibility index (Phi) is 7.84. The molecule has 0 spiro atoms. The highest BCUT2D eigenvalue weighted by Gasteiger charge is 2.46. The monoisotopic (exact) mass is 515 g/mol. The number of amides is 1. The summed E-state index contributed by atoms with van der Waals surface area (Å²) in [5.74, 6) is -6.64. The van der Waals surface area contributed by atoms with E-state index < -0.39 is 60.0 Å². The minimum atomic E-state index is -4.92. The van der Waals surface area contributed by atoms with Gasteiger partial charge >= 0.3 is 6.18 Å². The van der Waals surface area contributed by atoms with Crippen LogP contribution in [0.1, 0.15) is 24.7 Å². The number of allylic oxidation sites excluding steroid dienone is 1. The zero-order valence-corrected chi connectivity index (χ0v) is 19.2. The number of aliphatic imine (C=N–C) groups is 1. The number of carbonyl (C=O) groups is 1.